The normalized spacial score (nSPS) is 14.3. The lowest BCUT2D eigenvalue weighted by molar-refractivity contribution is 1.05. The Bertz CT molecular complexity index is 382. The molecule has 0 bridgehead atoms. The van der Waals surface area contributed by atoms with Crippen LogP contribution in [0.2, 0.25) is 0 Å². The fraction of sp³-hybridized carbons (Fsp3) is 0. The molecule has 0 amide bonds. The second kappa shape index (κ2) is 2.29. The van der Waals surface area contributed by atoms with Crippen LogP contribution in [0.25, 0.3) is 5.70 Å². The molecule has 0 fully saturated rings. The summed E-state index contributed by atoms with van der Waals surface area (Å²) in [6, 6.07) is 0. The Kier molecular flexibility index (Phi) is 1.29. The third kappa shape index (κ3) is 0.828. The van der Waals surface area contributed by atoms with Crippen LogP contribution < -0.4 is 10.6 Å². The summed E-state index contributed by atoms with van der Waals surface area (Å²) in [6.45, 7) is 7.28. The van der Waals surface area contributed by atoms with Gasteiger partial charge >= 0.3 is 0 Å². The summed E-state index contributed by atoms with van der Waals surface area (Å²) in [5, 5.41) is 5.94. The van der Waals surface area contributed by atoms with E-state index in [9.17, 15) is 0 Å². The number of imidazole rings is 1. The van der Waals surface area contributed by atoms with Gasteiger partial charge in [0.1, 0.15) is 17.2 Å². The molecule has 2 rings (SSSR count). The van der Waals surface area contributed by atoms with E-state index in [1.807, 2.05) is 0 Å². The molecule has 0 saturated heterocycles. The second-order valence-corrected chi connectivity index (χ2v) is 2.41. The first-order chi connectivity index (χ1) is 5.81. The van der Waals surface area contributed by atoms with Gasteiger partial charge in [0.15, 0.2) is 5.82 Å². The first kappa shape index (κ1) is 6.76. The predicted molar refractivity (Wildman–Crippen MR) is 47.0 cm³/mol. The van der Waals surface area contributed by atoms with Crippen LogP contribution in [0.5, 0.6) is 0 Å². The molecule has 3 N–H and O–H groups in total. The van der Waals surface area contributed by atoms with E-state index in [1.165, 1.54) is 0 Å². The molecule has 12 heavy (non-hydrogen) atoms. The van der Waals surface area contributed by atoms with Crippen molar-refractivity contribution in [3.8, 4) is 0 Å². The van der Waals surface area contributed by atoms with Crippen molar-refractivity contribution in [1.29, 1.82) is 0 Å². The highest BCUT2D eigenvalue weighted by Gasteiger charge is 2.16. The van der Waals surface area contributed by atoms with E-state index in [-0.39, 0.29) is 0 Å². The first-order valence-electron chi connectivity index (χ1n) is 3.48. The van der Waals surface area contributed by atoms with E-state index < -0.39 is 0 Å². The monoisotopic (exact) mass is 160 g/mol. The lowest BCUT2D eigenvalue weighted by atomic mass is 10.3. The third-order valence-electron chi connectivity index (χ3n) is 1.61. The van der Waals surface area contributed by atoms with Crippen molar-refractivity contribution in [2.24, 2.45) is 0 Å². The number of aromatic amines is 1. The Morgan fingerprint density at radius 2 is 2.25 bits per heavy atom. The highest BCUT2D eigenvalue weighted by Crippen LogP contribution is 2.22. The Hall–Kier alpha value is -1.93. The smallest absolute Gasteiger partial charge is 0.159 e. The van der Waals surface area contributed by atoms with Crippen LogP contribution in [0.1, 0.15) is 5.69 Å². The summed E-state index contributed by atoms with van der Waals surface area (Å²) in [7, 11) is 0. The Balaban J connectivity index is 2.59. The summed E-state index contributed by atoms with van der Waals surface area (Å²) in [6.07, 6.45) is 1.61. The SMILES string of the molecule is C=C=C1NC(=C)Nc2nc[nH]c21. The van der Waals surface area contributed by atoms with Gasteiger partial charge in [0, 0.05) is 0 Å². The molecule has 0 radical (unpaired) electrons. The molecule has 0 unspecified atom stereocenters. The van der Waals surface area contributed by atoms with Gasteiger partial charge in [-0.15, -0.1) is 5.73 Å². The number of nitrogens with one attached hydrogen (secondary N) is 3. The summed E-state index contributed by atoms with van der Waals surface area (Å²) < 4.78 is 0. The second-order valence-electron chi connectivity index (χ2n) is 2.41. The minimum atomic E-state index is 0.681. The van der Waals surface area contributed by atoms with Gasteiger partial charge in [-0.2, -0.15) is 0 Å². The van der Waals surface area contributed by atoms with Gasteiger partial charge in [-0.25, -0.2) is 4.98 Å². The lowest BCUT2D eigenvalue weighted by Gasteiger charge is -2.18. The minimum Gasteiger partial charge on any atom is -0.341 e. The van der Waals surface area contributed by atoms with E-state index in [0.29, 0.717) is 5.82 Å². The Labute approximate surface area is 69.7 Å². The quantitative estimate of drug-likeness (QED) is 0.497. The van der Waals surface area contributed by atoms with Gasteiger partial charge in [-0.3, -0.25) is 0 Å². The average molecular weight is 160 g/mol. The maximum Gasteiger partial charge on any atom is 0.159 e. The lowest BCUT2D eigenvalue weighted by Crippen LogP contribution is -2.23. The third-order valence-corrected chi connectivity index (χ3v) is 1.61. The molecule has 0 aromatic carbocycles. The highest BCUT2D eigenvalue weighted by molar-refractivity contribution is 5.75. The van der Waals surface area contributed by atoms with Gasteiger partial charge < -0.3 is 15.6 Å². The minimum absolute atomic E-state index is 0.681. The molecule has 0 saturated carbocycles. The van der Waals surface area contributed by atoms with Crippen molar-refractivity contribution in [3.63, 3.8) is 0 Å². The maximum absolute atomic E-state index is 4.05. The number of hydrogen-bond acceptors (Lipinski definition) is 3. The largest absolute Gasteiger partial charge is 0.341 e. The molecule has 4 heteroatoms. The molecule has 0 spiro atoms. The summed E-state index contributed by atoms with van der Waals surface area (Å²) in [4.78, 5) is 7.01. The van der Waals surface area contributed by atoms with Crippen molar-refractivity contribution in [2.75, 3.05) is 5.32 Å². The topological polar surface area (TPSA) is 52.7 Å². The molecular formula is C8H8N4. The summed E-state index contributed by atoms with van der Waals surface area (Å²) in [5.41, 5.74) is 4.39. The zero-order chi connectivity index (χ0) is 8.55. The van der Waals surface area contributed by atoms with Gasteiger partial charge in [-0.1, -0.05) is 13.2 Å². The molecule has 0 aliphatic carbocycles. The van der Waals surface area contributed by atoms with Crippen molar-refractivity contribution >= 4 is 11.5 Å². The van der Waals surface area contributed by atoms with E-state index in [1.54, 1.807) is 6.33 Å². The fourth-order valence-electron chi connectivity index (χ4n) is 1.10. The van der Waals surface area contributed by atoms with Crippen LogP contribution >= 0.6 is 0 Å². The Morgan fingerprint density at radius 1 is 1.42 bits per heavy atom. The maximum atomic E-state index is 4.05. The number of anilines is 1. The molecule has 60 valence electrons. The molecule has 1 aliphatic heterocycles. The number of nitrogens with zero attached hydrogens (tertiary/aromatic N) is 1. The highest BCUT2D eigenvalue weighted by atomic mass is 15.2. The van der Waals surface area contributed by atoms with Crippen molar-refractivity contribution in [1.82, 2.24) is 15.3 Å². The van der Waals surface area contributed by atoms with Gasteiger partial charge in [0.2, 0.25) is 0 Å². The number of aromatic nitrogens is 2. The molecule has 0 atom stereocenters. The van der Waals surface area contributed by atoms with Crippen LogP contribution in [-0.4, -0.2) is 9.97 Å². The average Bonchev–Trinajstić information content (AvgIpc) is 2.50. The zero-order valence-corrected chi connectivity index (χ0v) is 6.44. The van der Waals surface area contributed by atoms with Crippen LogP contribution in [0.3, 0.4) is 0 Å². The van der Waals surface area contributed by atoms with Gasteiger partial charge in [0.05, 0.1) is 6.33 Å². The van der Waals surface area contributed by atoms with E-state index in [4.69, 9.17) is 0 Å². The number of rotatable bonds is 0. The fourth-order valence-corrected chi connectivity index (χ4v) is 1.10. The van der Waals surface area contributed by atoms with E-state index >= 15 is 0 Å². The standard InChI is InChI=1S/C8H8N4/c1-3-6-7-8(10-4-9-7)12-5(2)11-6/h4,11-12H,1-2H2,(H,9,10). The van der Waals surface area contributed by atoms with Crippen molar-refractivity contribution in [3.05, 3.63) is 36.7 Å². The number of hydrogen-bond donors (Lipinski definition) is 3. The molecule has 4 nitrogen and oxygen atoms in total. The molecular weight excluding hydrogens is 152 g/mol. The van der Waals surface area contributed by atoms with Gasteiger partial charge in [-0.05, 0) is 0 Å². The molecule has 1 aromatic rings. The summed E-state index contributed by atoms with van der Waals surface area (Å²) in [5.74, 6) is 1.44. The number of fused-ring (bicyclic) bond motifs is 1. The Morgan fingerprint density at radius 3 is 3.00 bits per heavy atom. The van der Waals surface area contributed by atoms with Crippen molar-refractivity contribution in [2.45, 2.75) is 0 Å². The molecule has 1 aliphatic rings. The molecule has 2 heterocycles. The zero-order valence-electron chi connectivity index (χ0n) is 6.44. The van der Waals surface area contributed by atoms with Crippen LogP contribution in [0.4, 0.5) is 5.82 Å². The van der Waals surface area contributed by atoms with Crippen molar-refractivity contribution < 1.29 is 0 Å². The number of H-pyrrole nitrogens is 1. The predicted octanol–water partition coefficient (Wildman–Crippen LogP) is 1.02. The first-order valence-corrected chi connectivity index (χ1v) is 3.48. The van der Waals surface area contributed by atoms with Crippen LogP contribution in [-0.2, 0) is 0 Å². The van der Waals surface area contributed by atoms with Crippen LogP contribution in [0, 0.1) is 0 Å². The molecule has 1 aromatic heterocycles. The van der Waals surface area contributed by atoms with Crippen LogP contribution in [0.15, 0.2) is 31.0 Å². The van der Waals surface area contributed by atoms with E-state index in [0.717, 1.165) is 17.2 Å². The van der Waals surface area contributed by atoms with E-state index in [2.05, 4.69) is 39.5 Å². The van der Waals surface area contributed by atoms with Gasteiger partial charge in [0.25, 0.3) is 0 Å². The summed E-state index contributed by atoms with van der Waals surface area (Å²) >= 11 is 0.